The zero-order valence-corrected chi connectivity index (χ0v) is 15.8. The summed E-state index contributed by atoms with van der Waals surface area (Å²) in [5, 5.41) is 3.51. The molecule has 2 aromatic carbocycles. The number of amides is 2. The first-order valence-electron chi connectivity index (χ1n) is 8.98. The first-order chi connectivity index (χ1) is 13.6. The number of aromatic nitrogens is 1. The van der Waals surface area contributed by atoms with Crippen LogP contribution in [0, 0.1) is 0 Å². The van der Waals surface area contributed by atoms with Crippen LogP contribution < -0.4 is 10.2 Å². The second-order valence-electron chi connectivity index (χ2n) is 6.57. The van der Waals surface area contributed by atoms with E-state index in [0.29, 0.717) is 28.5 Å². The van der Waals surface area contributed by atoms with Gasteiger partial charge in [0.25, 0.3) is 5.91 Å². The molecule has 0 aliphatic carbocycles. The first kappa shape index (κ1) is 18.2. The van der Waals surface area contributed by atoms with E-state index in [4.69, 9.17) is 11.6 Å². The lowest BCUT2D eigenvalue weighted by Crippen LogP contribution is -2.32. The molecule has 0 fully saturated rings. The van der Waals surface area contributed by atoms with Gasteiger partial charge in [-0.25, -0.2) is 0 Å². The summed E-state index contributed by atoms with van der Waals surface area (Å²) in [4.78, 5) is 31.6. The van der Waals surface area contributed by atoms with E-state index in [1.165, 1.54) is 0 Å². The van der Waals surface area contributed by atoms with Crippen molar-refractivity contribution in [1.29, 1.82) is 0 Å². The minimum Gasteiger partial charge on any atom is -0.352 e. The SMILES string of the molecule is O=C(C[C@@H]1c2ncccc2C(=O)N1c1ccc(Cl)cc1)NCc1ccccc1. The van der Waals surface area contributed by atoms with Gasteiger partial charge in [0.1, 0.15) is 0 Å². The van der Waals surface area contributed by atoms with Crippen molar-refractivity contribution in [2.75, 3.05) is 4.90 Å². The Bertz CT molecular complexity index is 1010. The smallest absolute Gasteiger partial charge is 0.260 e. The number of nitrogens with one attached hydrogen (secondary N) is 1. The van der Waals surface area contributed by atoms with Crippen LogP contribution in [0.25, 0.3) is 0 Å². The third-order valence-electron chi connectivity index (χ3n) is 4.73. The number of hydrogen-bond acceptors (Lipinski definition) is 3. The molecule has 0 bridgehead atoms. The number of carbonyl (C=O) groups excluding carboxylic acids is 2. The lowest BCUT2D eigenvalue weighted by atomic mass is 10.1. The Morgan fingerprint density at radius 3 is 2.54 bits per heavy atom. The monoisotopic (exact) mass is 391 g/mol. The molecule has 0 saturated carbocycles. The average Bonchev–Trinajstić information content (AvgIpc) is 3.00. The minimum atomic E-state index is -0.458. The van der Waals surface area contributed by atoms with Crippen LogP contribution in [0.2, 0.25) is 5.02 Å². The highest BCUT2D eigenvalue weighted by molar-refractivity contribution is 6.30. The summed E-state index contributed by atoms with van der Waals surface area (Å²) in [5.41, 5.74) is 2.86. The Kier molecular flexibility index (Phi) is 5.08. The molecule has 1 aliphatic rings. The Morgan fingerprint density at radius 1 is 1.04 bits per heavy atom. The van der Waals surface area contributed by atoms with Gasteiger partial charge >= 0.3 is 0 Å². The summed E-state index contributed by atoms with van der Waals surface area (Å²) in [6.07, 6.45) is 1.78. The lowest BCUT2D eigenvalue weighted by Gasteiger charge is -2.24. The molecule has 1 aliphatic heterocycles. The van der Waals surface area contributed by atoms with Crippen LogP contribution in [0.1, 0.15) is 34.1 Å². The van der Waals surface area contributed by atoms with E-state index in [9.17, 15) is 9.59 Å². The topological polar surface area (TPSA) is 62.3 Å². The summed E-state index contributed by atoms with van der Waals surface area (Å²) < 4.78 is 0. The molecule has 1 N–H and O–H groups in total. The van der Waals surface area contributed by atoms with Crippen molar-refractivity contribution in [2.24, 2.45) is 0 Å². The maximum Gasteiger partial charge on any atom is 0.260 e. The maximum absolute atomic E-state index is 13.0. The predicted octanol–water partition coefficient (Wildman–Crippen LogP) is 4.14. The number of carbonyl (C=O) groups is 2. The van der Waals surface area contributed by atoms with Crippen LogP contribution in [0.3, 0.4) is 0 Å². The first-order valence-corrected chi connectivity index (χ1v) is 9.36. The molecule has 1 aromatic heterocycles. The summed E-state index contributed by atoms with van der Waals surface area (Å²) in [6, 6.07) is 19.7. The average molecular weight is 392 g/mol. The Labute approximate surface area is 168 Å². The van der Waals surface area contributed by atoms with Crippen LogP contribution in [0.4, 0.5) is 5.69 Å². The largest absolute Gasteiger partial charge is 0.352 e. The van der Waals surface area contributed by atoms with Crippen molar-refractivity contribution in [2.45, 2.75) is 19.0 Å². The van der Waals surface area contributed by atoms with Crippen LogP contribution in [0.15, 0.2) is 72.9 Å². The molecule has 0 spiro atoms. The van der Waals surface area contributed by atoms with Crippen molar-refractivity contribution in [3.63, 3.8) is 0 Å². The van der Waals surface area contributed by atoms with Gasteiger partial charge in [0.2, 0.25) is 5.91 Å². The van der Waals surface area contributed by atoms with E-state index in [-0.39, 0.29) is 18.2 Å². The third kappa shape index (κ3) is 3.62. The van der Waals surface area contributed by atoms with Crippen molar-refractivity contribution >= 4 is 29.1 Å². The Hall–Kier alpha value is -3.18. The summed E-state index contributed by atoms with van der Waals surface area (Å²) in [6.45, 7) is 0.441. The molecule has 6 heteroatoms. The highest BCUT2D eigenvalue weighted by Gasteiger charge is 2.39. The molecule has 140 valence electrons. The van der Waals surface area contributed by atoms with Gasteiger partial charge in [0.05, 0.1) is 23.7 Å². The zero-order valence-electron chi connectivity index (χ0n) is 15.0. The van der Waals surface area contributed by atoms with Gasteiger partial charge in [-0.05, 0) is 42.0 Å². The number of anilines is 1. The van der Waals surface area contributed by atoms with Crippen LogP contribution in [-0.2, 0) is 11.3 Å². The van der Waals surface area contributed by atoms with Gasteiger partial charge in [0, 0.05) is 23.5 Å². The number of hydrogen-bond donors (Lipinski definition) is 1. The normalized spacial score (nSPS) is 15.4. The van der Waals surface area contributed by atoms with Crippen molar-refractivity contribution in [1.82, 2.24) is 10.3 Å². The van der Waals surface area contributed by atoms with Gasteiger partial charge in [-0.3, -0.25) is 19.5 Å². The number of rotatable bonds is 5. The Balaban J connectivity index is 1.57. The molecule has 0 saturated heterocycles. The third-order valence-corrected chi connectivity index (χ3v) is 4.98. The fourth-order valence-corrected chi connectivity index (χ4v) is 3.51. The van der Waals surface area contributed by atoms with Gasteiger partial charge in [0.15, 0.2) is 0 Å². The van der Waals surface area contributed by atoms with Gasteiger partial charge in [-0.2, -0.15) is 0 Å². The minimum absolute atomic E-state index is 0.130. The van der Waals surface area contributed by atoms with Crippen molar-refractivity contribution in [3.05, 3.63) is 94.8 Å². The van der Waals surface area contributed by atoms with E-state index >= 15 is 0 Å². The van der Waals surface area contributed by atoms with E-state index in [1.54, 1.807) is 47.5 Å². The molecule has 4 rings (SSSR count). The number of fused-ring (bicyclic) bond motifs is 1. The second-order valence-corrected chi connectivity index (χ2v) is 7.01. The fraction of sp³-hybridized carbons (Fsp3) is 0.136. The van der Waals surface area contributed by atoms with Gasteiger partial charge < -0.3 is 5.32 Å². The number of benzene rings is 2. The summed E-state index contributed by atoms with van der Waals surface area (Å²) >= 11 is 5.98. The highest BCUT2D eigenvalue weighted by atomic mass is 35.5. The predicted molar refractivity (Wildman–Crippen MR) is 108 cm³/mol. The maximum atomic E-state index is 13.0. The molecule has 2 heterocycles. The molecule has 2 amide bonds. The molecule has 28 heavy (non-hydrogen) atoms. The van der Waals surface area contributed by atoms with Crippen LogP contribution in [-0.4, -0.2) is 16.8 Å². The van der Waals surface area contributed by atoms with Crippen LogP contribution >= 0.6 is 11.6 Å². The molecule has 0 unspecified atom stereocenters. The molecule has 1 atom stereocenters. The quantitative estimate of drug-likeness (QED) is 0.710. The van der Waals surface area contributed by atoms with E-state index < -0.39 is 6.04 Å². The zero-order chi connectivity index (χ0) is 19.5. The Morgan fingerprint density at radius 2 is 1.79 bits per heavy atom. The van der Waals surface area contributed by atoms with Crippen LogP contribution in [0.5, 0.6) is 0 Å². The second kappa shape index (κ2) is 7.82. The molecular weight excluding hydrogens is 374 g/mol. The van der Waals surface area contributed by atoms with Gasteiger partial charge in [-0.1, -0.05) is 41.9 Å². The highest BCUT2D eigenvalue weighted by Crippen LogP contribution is 2.38. The summed E-state index contributed by atoms with van der Waals surface area (Å²) in [5.74, 6) is -0.301. The van der Waals surface area contributed by atoms with Gasteiger partial charge in [-0.15, -0.1) is 0 Å². The van der Waals surface area contributed by atoms with Crippen molar-refractivity contribution < 1.29 is 9.59 Å². The lowest BCUT2D eigenvalue weighted by molar-refractivity contribution is -0.121. The molecule has 0 radical (unpaired) electrons. The summed E-state index contributed by atoms with van der Waals surface area (Å²) in [7, 11) is 0. The molecule has 5 nitrogen and oxygen atoms in total. The number of pyridine rings is 1. The molecule has 3 aromatic rings. The number of halogens is 1. The van der Waals surface area contributed by atoms with E-state index in [1.807, 2.05) is 30.3 Å². The molecular formula is C22H18ClN3O2. The standard InChI is InChI=1S/C22H18ClN3O2/c23-16-8-10-17(11-9-16)26-19(21-18(22(26)28)7-4-12-24-21)13-20(27)25-14-15-5-2-1-3-6-15/h1-12,19H,13-14H2,(H,25,27)/t19-/m1/s1. The van der Waals surface area contributed by atoms with Crippen molar-refractivity contribution in [3.8, 4) is 0 Å². The fourth-order valence-electron chi connectivity index (χ4n) is 3.39. The van der Waals surface area contributed by atoms with E-state index in [2.05, 4.69) is 10.3 Å². The van der Waals surface area contributed by atoms with E-state index in [0.717, 1.165) is 5.56 Å². The number of nitrogens with zero attached hydrogens (tertiary/aromatic N) is 2.